The van der Waals surface area contributed by atoms with Crippen molar-refractivity contribution in [3.05, 3.63) is 42.0 Å². The molecule has 0 spiro atoms. The van der Waals surface area contributed by atoms with Crippen LogP contribution in [0.3, 0.4) is 0 Å². The van der Waals surface area contributed by atoms with Gasteiger partial charge in [0.2, 0.25) is 5.91 Å². The highest BCUT2D eigenvalue weighted by Gasteiger charge is 2.23. The number of hydrogen-bond acceptors (Lipinski definition) is 3. The Bertz CT molecular complexity index is 712. The molecule has 0 saturated carbocycles. The Morgan fingerprint density at radius 1 is 1.19 bits per heavy atom. The lowest BCUT2D eigenvalue weighted by atomic mass is 10.0. The Labute approximate surface area is 122 Å². The predicted octanol–water partition coefficient (Wildman–Crippen LogP) is 1.51. The third-order valence-electron chi connectivity index (χ3n) is 3.64. The first-order valence-corrected chi connectivity index (χ1v) is 6.93. The summed E-state index contributed by atoms with van der Waals surface area (Å²) in [7, 11) is 0. The zero-order valence-corrected chi connectivity index (χ0v) is 11.5. The Morgan fingerprint density at radius 2 is 1.90 bits per heavy atom. The number of nitrogens with one attached hydrogen (secondary N) is 1. The number of fused-ring (bicyclic) bond motifs is 1. The molecule has 1 aliphatic heterocycles. The fourth-order valence-electron chi connectivity index (χ4n) is 2.55. The quantitative estimate of drug-likeness (QED) is 0.834. The molecular formula is C16H16N2O3. The standard InChI is InChI=1S/C16H16N2O3/c19-14-9-12-5-2-1-4-11(12)8-13(14)16(21)18-7-3-6-17-15(20)10-18/h1-2,4-5,8-9,19H,3,6-7,10H2,(H,17,20). The van der Waals surface area contributed by atoms with E-state index in [-0.39, 0.29) is 29.7 Å². The fourth-order valence-corrected chi connectivity index (χ4v) is 2.55. The lowest BCUT2D eigenvalue weighted by molar-refractivity contribution is -0.121. The molecule has 21 heavy (non-hydrogen) atoms. The van der Waals surface area contributed by atoms with Crippen LogP contribution in [0.1, 0.15) is 16.8 Å². The Balaban J connectivity index is 1.96. The zero-order valence-electron chi connectivity index (χ0n) is 11.5. The van der Waals surface area contributed by atoms with Gasteiger partial charge in [-0.2, -0.15) is 0 Å². The van der Waals surface area contributed by atoms with E-state index in [4.69, 9.17) is 0 Å². The summed E-state index contributed by atoms with van der Waals surface area (Å²) in [5, 5.41) is 14.6. The summed E-state index contributed by atoms with van der Waals surface area (Å²) in [6.45, 7) is 1.11. The van der Waals surface area contributed by atoms with E-state index in [0.29, 0.717) is 19.5 Å². The van der Waals surface area contributed by atoms with Gasteiger partial charge in [-0.1, -0.05) is 24.3 Å². The highest BCUT2D eigenvalue weighted by atomic mass is 16.3. The van der Waals surface area contributed by atoms with Gasteiger partial charge < -0.3 is 15.3 Å². The molecule has 2 amide bonds. The maximum atomic E-state index is 12.5. The SMILES string of the molecule is O=C1CN(C(=O)c2cc3ccccc3cc2O)CCCN1. The van der Waals surface area contributed by atoms with Crippen LogP contribution < -0.4 is 5.32 Å². The smallest absolute Gasteiger partial charge is 0.258 e. The van der Waals surface area contributed by atoms with Gasteiger partial charge >= 0.3 is 0 Å². The number of rotatable bonds is 1. The average molecular weight is 284 g/mol. The minimum atomic E-state index is -0.310. The molecular weight excluding hydrogens is 268 g/mol. The first kappa shape index (κ1) is 13.4. The van der Waals surface area contributed by atoms with Crippen molar-refractivity contribution in [2.75, 3.05) is 19.6 Å². The first-order valence-electron chi connectivity index (χ1n) is 6.93. The fraction of sp³-hybridized carbons (Fsp3) is 0.250. The van der Waals surface area contributed by atoms with Gasteiger partial charge in [0, 0.05) is 13.1 Å². The molecule has 0 unspecified atom stereocenters. The van der Waals surface area contributed by atoms with Crippen LogP contribution in [-0.4, -0.2) is 41.5 Å². The topological polar surface area (TPSA) is 69.6 Å². The van der Waals surface area contributed by atoms with Gasteiger partial charge in [0.1, 0.15) is 5.75 Å². The Morgan fingerprint density at radius 3 is 2.67 bits per heavy atom. The molecule has 3 rings (SSSR count). The molecule has 1 aliphatic rings. The largest absolute Gasteiger partial charge is 0.507 e. The zero-order chi connectivity index (χ0) is 14.8. The molecule has 108 valence electrons. The maximum Gasteiger partial charge on any atom is 0.258 e. The number of phenols is 1. The normalized spacial score (nSPS) is 15.6. The molecule has 1 heterocycles. The van der Waals surface area contributed by atoms with Crippen LogP contribution in [0.2, 0.25) is 0 Å². The lowest BCUT2D eigenvalue weighted by Crippen LogP contribution is -2.37. The van der Waals surface area contributed by atoms with Crippen LogP contribution in [-0.2, 0) is 4.79 Å². The second-order valence-corrected chi connectivity index (χ2v) is 5.15. The van der Waals surface area contributed by atoms with Crippen molar-refractivity contribution >= 4 is 22.6 Å². The van der Waals surface area contributed by atoms with Gasteiger partial charge in [-0.25, -0.2) is 0 Å². The molecule has 0 bridgehead atoms. The average Bonchev–Trinajstić information content (AvgIpc) is 2.70. The van der Waals surface area contributed by atoms with E-state index in [2.05, 4.69) is 5.32 Å². The minimum absolute atomic E-state index is 0.0328. The summed E-state index contributed by atoms with van der Waals surface area (Å²) in [6.07, 6.45) is 0.714. The van der Waals surface area contributed by atoms with Crippen molar-refractivity contribution in [3.8, 4) is 5.75 Å². The molecule has 5 nitrogen and oxygen atoms in total. The summed E-state index contributed by atoms with van der Waals surface area (Å²) in [5.74, 6) is -0.528. The number of aromatic hydroxyl groups is 1. The molecule has 2 aromatic carbocycles. The van der Waals surface area contributed by atoms with Crippen LogP contribution in [0.4, 0.5) is 0 Å². The minimum Gasteiger partial charge on any atom is -0.507 e. The van der Waals surface area contributed by atoms with Gasteiger partial charge in [-0.05, 0) is 29.3 Å². The third-order valence-corrected chi connectivity index (χ3v) is 3.64. The number of benzene rings is 2. The van der Waals surface area contributed by atoms with Gasteiger partial charge in [-0.3, -0.25) is 9.59 Å². The number of hydrogen-bond donors (Lipinski definition) is 2. The van der Waals surface area contributed by atoms with E-state index in [1.807, 2.05) is 24.3 Å². The summed E-state index contributed by atoms with van der Waals surface area (Å²) in [4.78, 5) is 25.6. The molecule has 0 atom stereocenters. The van der Waals surface area contributed by atoms with Crippen LogP contribution in [0, 0.1) is 0 Å². The molecule has 5 heteroatoms. The van der Waals surface area contributed by atoms with Gasteiger partial charge in [0.25, 0.3) is 5.91 Å². The Hall–Kier alpha value is -2.56. The van der Waals surface area contributed by atoms with E-state index in [1.54, 1.807) is 12.1 Å². The van der Waals surface area contributed by atoms with Crippen molar-refractivity contribution in [2.24, 2.45) is 0 Å². The summed E-state index contributed by atoms with van der Waals surface area (Å²) in [5.41, 5.74) is 0.239. The molecule has 2 N–H and O–H groups in total. The van der Waals surface area contributed by atoms with E-state index in [0.717, 1.165) is 10.8 Å². The number of carbonyl (C=O) groups excluding carboxylic acids is 2. The van der Waals surface area contributed by atoms with Crippen LogP contribution in [0.25, 0.3) is 10.8 Å². The van der Waals surface area contributed by atoms with Gasteiger partial charge in [0.15, 0.2) is 0 Å². The van der Waals surface area contributed by atoms with E-state index < -0.39 is 0 Å². The molecule has 0 aliphatic carbocycles. The van der Waals surface area contributed by atoms with Crippen molar-refractivity contribution in [3.63, 3.8) is 0 Å². The van der Waals surface area contributed by atoms with Gasteiger partial charge in [-0.15, -0.1) is 0 Å². The van der Waals surface area contributed by atoms with E-state index in [1.165, 1.54) is 4.90 Å². The number of amides is 2. The van der Waals surface area contributed by atoms with Crippen molar-refractivity contribution in [2.45, 2.75) is 6.42 Å². The Kier molecular flexibility index (Phi) is 3.48. The summed E-state index contributed by atoms with van der Waals surface area (Å²) >= 11 is 0. The number of nitrogens with zero attached hydrogens (tertiary/aromatic N) is 1. The molecule has 0 aromatic heterocycles. The second-order valence-electron chi connectivity index (χ2n) is 5.15. The molecule has 0 radical (unpaired) electrons. The third kappa shape index (κ3) is 2.67. The van der Waals surface area contributed by atoms with Crippen LogP contribution in [0.5, 0.6) is 5.75 Å². The summed E-state index contributed by atoms with van der Waals surface area (Å²) in [6, 6.07) is 10.8. The maximum absolute atomic E-state index is 12.5. The van der Waals surface area contributed by atoms with Crippen molar-refractivity contribution in [1.82, 2.24) is 10.2 Å². The van der Waals surface area contributed by atoms with Crippen molar-refractivity contribution in [1.29, 1.82) is 0 Å². The highest BCUT2D eigenvalue weighted by molar-refractivity contribution is 6.02. The van der Waals surface area contributed by atoms with Crippen molar-refractivity contribution < 1.29 is 14.7 Å². The monoisotopic (exact) mass is 284 g/mol. The molecule has 1 fully saturated rings. The number of phenolic OH excluding ortho intramolecular Hbond substituents is 1. The summed E-state index contributed by atoms with van der Waals surface area (Å²) < 4.78 is 0. The predicted molar refractivity (Wildman–Crippen MR) is 79.1 cm³/mol. The number of carbonyl (C=O) groups is 2. The highest BCUT2D eigenvalue weighted by Crippen LogP contribution is 2.26. The first-order chi connectivity index (χ1) is 10.1. The molecule has 2 aromatic rings. The van der Waals surface area contributed by atoms with Crippen LogP contribution in [0.15, 0.2) is 36.4 Å². The van der Waals surface area contributed by atoms with Crippen LogP contribution >= 0.6 is 0 Å². The van der Waals surface area contributed by atoms with Gasteiger partial charge in [0.05, 0.1) is 12.1 Å². The second kappa shape index (κ2) is 5.44. The van der Waals surface area contributed by atoms with E-state index in [9.17, 15) is 14.7 Å². The molecule has 1 saturated heterocycles. The van der Waals surface area contributed by atoms with E-state index >= 15 is 0 Å². The lowest BCUT2D eigenvalue weighted by Gasteiger charge is -2.19.